The molecule has 190 valence electrons. The summed E-state index contributed by atoms with van der Waals surface area (Å²) in [6.07, 6.45) is 4.56. The zero-order valence-corrected chi connectivity index (χ0v) is 22.1. The molecule has 0 saturated heterocycles. The number of nitrogens with zero attached hydrogens (tertiary/aromatic N) is 4. The Balaban J connectivity index is 1.77. The SMILES string of the molecule is COc1ccccc1Oc1c(Cl)nc(-c2ncccn2)nc1NS(=O)(=O)C=Cc1c(C)cc(C)cc1C. The van der Waals surface area contributed by atoms with Crippen molar-refractivity contribution < 1.29 is 17.9 Å². The van der Waals surface area contributed by atoms with Crippen LogP contribution in [0.2, 0.25) is 5.15 Å². The number of aryl methyl sites for hydroxylation is 3. The molecule has 0 spiro atoms. The molecule has 0 fully saturated rings. The van der Waals surface area contributed by atoms with E-state index in [1.54, 1.807) is 30.3 Å². The molecule has 11 heteroatoms. The molecule has 0 atom stereocenters. The Morgan fingerprint density at radius 1 is 0.919 bits per heavy atom. The summed E-state index contributed by atoms with van der Waals surface area (Å²) in [4.78, 5) is 16.8. The van der Waals surface area contributed by atoms with E-state index in [1.165, 1.54) is 25.6 Å². The molecule has 0 aliphatic heterocycles. The van der Waals surface area contributed by atoms with E-state index < -0.39 is 10.0 Å². The van der Waals surface area contributed by atoms with Crippen LogP contribution < -0.4 is 14.2 Å². The molecule has 0 radical (unpaired) electrons. The second-order valence-corrected chi connectivity index (χ2v) is 10.0. The summed E-state index contributed by atoms with van der Waals surface area (Å²) in [5, 5.41) is 0.925. The van der Waals surface area contributed by atoms with Crippen molar-refractivity contribution in [2.45, 2.75) is 20.8 Å². The van der Waals surface area contributed by atoms with Crippen LogP contribution >= 0.6 is 11.6 Å². The van der Waals surface area contributed by atoms with Gasteiger partial charge in [-0.15, -0.1) is 0 Å². The van der Waals surface area contributed by atoms with E-state index >= 15 is 0 Å². The Morgan fingerprint density at radius 3 is 2.22 bits per heavy atom. The number of benzene rings is 2. The lowest BCUT2D eigenvalue weighted by atomic mass is 10.0. The van der Waals surface area contributed by atoms with Crippen molar-refractivity contribution in [2.24, 2.45) is 0 Å². The van der Waals surface area contributed by atoms with Crippen LogP contribution in [-0.4, -0.2) is 35.5 Å². The van der Waals surface area contributed by atoms with E-state index in [-0.39, 0.29) is 28.4 Å². The molecule has 0 amide bonds. The lowest BCUT2D eigenvalue weighted by Crippen LogP contribution is -2.13. The fourth-order valence-corrected chi connectivity index (χ4v) is 4.69. The highest BCUT2D eigenvalue weighted by molar-refractivity contribution is 7.95. The van der Waals surface area contributed by atoms with E-state index in [0.29, 0.717) is 11.5 Å². The number of ether oxygens (including phenoxy) is 2. The van der Waals surface area contributed by atoms with Gasteiger partial charge in [0.1, 0.15) is 0 Å². The maximum atomic E-state index is 13.1. The number of sulfonamides is 1. The molecule has 0 bridgehead atoms. The third kappa shape index (κ3) is 6.22. The van der Waals surface area contributed by atoms with Gasteiger partial charge >= 0.3 is 0 Å². The molecule has 4 aromatic rings. The molecule has 2 aromatic heterocycles. The zero-order valence-electron chi connectivity index (χ0n) is 20.6. The summed E-state index contributed by atoms with van der Waals surface area (Å²) in [5.74, 6) is 0.593. The second-order valence-electron chi connectivity index (χ2n) is 8.10. The molecule has 2 aromatic carbocycles. The van der Waals surface area contributed by atoms with Gasteiger partial charge in [-0.3, -0.25) is 4.72 Å². The molecular formula is C26H24ClN5O4S. The Kier molecular flexibility index (Phi) is 7.70. The summed E-state index contributed by atoms with van der Waals surface area (Å²) in [5.41, 5.74) is 3.81. The monoisotopic (exact) mass is 537 g/mol. The summed E-state index contributed by atoms with van der Waals surface area (Å²) in [6, 6.07) is 12.4. The fraction of sp³-hybridized carbons (Fsp3) is 0.154. The number of methoxy groups -OCH3 is 1. The highest BCUT2D eigenvalue weighted by atomic mass is 35.5. The maximum Gasteiger partial charge on any atom is 0.256 e. The first-order valence-corrected chi connectivity index (χ1v) is 13.0. The topological polar surface area (TPSA) is 116 Å². The number of aromatic nitrogens is 4. The first-order chi connectivity index (χ1) is 17.7. The molecule has 0 aliphatic rings. The largest absolute Gasteiger partial charge is 0.493 e. The fourth-order valence-electron chi connectivity index (χ4n) is 3.69. The van der Waals surface area contributed by atoms with Gasteiger partial charge in [0.25, 0.3) is 10.0 Å². The second kappa shape index (κ2) is 10.9. The Morgan fingerprint density at radius 2 is 1.57 bits per heavy atom. The average Bonchev–Trinajstić information content (AvgIpc) is 2.85. The van der Waals surface area contributed by atoms with Crippen molar-refractivity contribution in [2.75, 3.05) is 11.8 Å². The van der Waals surface area contributed by atoms with Crippen LogP contribution in [0.1, 0.15) is 22.3 Å². The Hall–Kier alpha value is -4.02. The number of nitrogens with one attached hydrogen (secondary N) is 1. The molecule has 1 N–H and O–H groups in total. The van der Waals surface area contributed by atoms with Crippen molar-refractivity contribution in [3.63, 3.8) is 0 Å². The van der Waals surface area contributed by atoms with E-state index in [1.807, 2.05) is 32.9 Å². The number of hydrogen-bond acceptors (Lipinski definition) is 8. The van der Waals surface area contributed by atoms with Crippen LogP contribution in [0.15, 0.2) is 60.3 Å². The highest BCUT2D eigenvalue weighted by Gasteiger charge is 2.22. The van der Waals surface area contributed by atoms with Gasteiger partial charge in [-0.1, -0.05) is 41.4 Å². The predicted octanol–water partition coefficient (Wildman–Crippen LogP) is 5.73. The molecular weight excluding hydrogens is 514 g/mol. The van der Waals surface area contributed by atoms with E-state index in [0.717, 1.165) is 27.7 Å². The summed E-state index contributed by atoms with van der Waals surface area (Å²) >= 11 is 6.46. The molecule has 37 heavy (non-hydrogen) atoms. The van der Waals surface area contributed by atoms with Gasteiger partial charge in [-0.25, -0.2) is 28.4 Å². The number of halogens is 1. The summed E-state index contributed by atoms with van der Waals surface area (Å²) in [7, 11) is -2.57. The van der Waals surface area contributed by atoms with Crippen molar-refractivity contribution in [3.05, 3.63) is 87.7 Å². The van der Waals surface area contributed by atoms with E-state index in [9.17, 15) is 8.42 Å². The van der Waals surface area contributed by atoms with Crippen LogP contribution in [0.5, 0.6) is 17.2 Å². The van der Waals surface area contributed by atoms with Crippen molar-refractivity contribution in [1.29, 1.82) is 0 Å². The number of rotatable bonds is 8. The standard InChI is InChI=1S/C26H24ClN5O4S/c1-16-14-17(2)19(18(3)15-16)10-13-37(33,34)32-24-22(36-21-9-6-5-8-20(21)35-4)23(27)30-26(31-24)25-28-11-7-12-29-25/h5-15H,1-4H3,(H,30,31,32). The smallest absolute Gasteiger partial charge is 0.256 e. The number of para-hydroxylation sites is 2. The van der Waals surface area contributed by atoms with Crippen molar-refractivity contribution in [3.8, 4) is 28.9 Å². The van der Waals surface area contributed by atoms with Crippen LogP contribution in [0.25, 0.3) is 17.7 Å². The van der Waals surface area contributed by atoms with Crippen molar-refractivity contribution in [1.82, 2.24) is 19.9 Å². The molecule has 9 nitrogen and oxygen atoms in total. The lowest BCUT2D eigenvalue weighted by Gasteiger charge is -2.15. The van der Waals surface area contributed by atoms with Gasteiger partial charge < -0.3 is 9.47 Å². The minimum Gasteiger partial charge on any atom is -0.493 e. The quantitative estimate of drug-likeness (QED) is 0.283. The molecule has 4 rings (SSSR count). The van der Waals surface area contributed by atoms with Crippen LogP contribution in [0, 0.1) is 20.8 Å². The average molecular weight is 538 g/mol. The molecule has 0 saturated carbocycles. The minimum absolute atomic E-state index is 0.0184. The van der Waals surface area contributed by atoms with Gasteiger partial charge in [-0.05, 0) is 61.7 Å². The predicted molar refractivity (Wildman–Crippen MR) is 143 cm³/mol. The van der Waals surface area contributed by atoms with Crippen molar-refractivity contribution >= 4 is 33.5 Å². The highest BCUT2D eigenvalue weighted by Crippen LogP contribution is 2.39. The first kappa shape index (κ1) is 26.1. The van der Waals surface area contributed by atoms with Crippen LogP contribution in [0.4, 0.5) is 5.82 Å². The third-order valence-electron chi connectivity index (χ3n) is 5.26. The number of anilines is 1. The van der Waals surface area contributed by atoms with Gasteiger partial charge in [-0.2, -0.15) is 0 Å². The van der Waals surface area contributed by atoms with Crippen LogP contribution in [0.3, 0.4) is 0 Å². The summed E-state index contributed by atoms with van der Waals surface area (Å²) < 4.78 is 40.0. The Bertz CT molecular complexity index is 1550. The van der Waals surface area contributed by atoms with Gasteiger partial charge in [0.2, 0.25) is 11.6 Å². The van der Waals surface area contributed by atoms with Crippen LogP contribution in [-0.2, 0) is 10.0 Å². The number of hydrogen-bond donors (Lipinski definition) is 1. The third-order valence-corrected chi connectivity index (χ3v) is 6.49. The molecule has 0 unspecified atom stereocenters. The molecule has 0 aliphatic carbocycles. The summed E-state index contributed by atoms with van der Waals surface area (Å²) in [6.45, 7) is 5.84. The lowest BCUT2D eigenvalue weighted by molar-refractivity contribution is 0.378. The first-order valence-electron chi connectivity index (χ1n) is 11.1. The van der Waals surface area contributed by atoms with Gasteiger partial charge in [0.15, 0.2) is 28.3 Å². The van der Waals surface area contributed by atoms with Gasteiger partial charge in [0, 0.05) is 12.4 Å². The van der Waals surface area contributed by atoms with E-state index in [4.69, 9.17) is 21.1 Å². The van der Waals surface area contributed by atoms with Gasteiger partial charge in [0.05, 0.1) is 12.5 Å². The normalized spacial score (nSPS) is 11.5. The maximum absolute atomic E-state index is 13.1. The van der Waals surface area contributed by atoms with E-state index in [2.05, 4.69) is 24.7 Å². The molecule has 2 heterocycles. The zero-order chi connectivity index (χ0) is 26.6. The Labute approximate surface area is 220 Å². The minimum atomic E-state index is -4.05.